The number of rotatable bonds is 9. The summed E-state index contributed by atoms with van der Waals surface area (Å²) < 4.78 is 5.20. The van der Waals surface area contributed by atoms with Crippen molar-refractivity contribution in [1.29, 1.82) is 0 Å². The van der Waals surface area contributed by atoms with E-state index in [2.05, 4.69) is 21.0 Å². The summed E-state index contributed by atoms with van der Waals surface area (Å²) in [7, 11) is 1.65. The second-order valence-electron chi connectivity index (χ2n) is 6.41. The van der Waals surface area contributed by atoms with Crippen molar-refractivity contribution in [2.24, 2.45) is 0 Å². The molecule has 1 fully saturated rings. The lowest BCUT2D eigenvalue weighted by atomic mass is 10.2. The molecule has 0 unspecified atom stereocenters. The summed E-state index contributed by atoms with van der Waals surface area (Å²) in [5.41, 5.74) is 2.32. The SMILES string of the molecule is COc1ccc(CN(OCC=O)N2CCN(Cc3cccnc3)CC2)cc1. The van der Waals surface area contributed by atoms with Gasteiger partial charge in [-0.05, 0) is 29.3 Å². The number of pyridine rings is 1. The van der Waals surface area contributed by atoms with Crippen LogP contribution in [0.5, 0.6) is 5.75 Å². The van der Waals surface area contributed by atoms with Gasteiger partial charge in [0.25, 0.3) is 0 Å². The van der Waals surface area contributed by atoms with E-state index in [4.69, 9.17) is 9.57 Å². The molecule has 2 aromatic rings. The highest BCUT2D eigenvalue weighted by molar-refractivity contribution is 5.50. The molecule has 2 heterocycles. The fourth-order valence-electron chi connectivity index (χ4n) is 3.10. The molecule has 7 nitrogen and oxygen atoms in total. The Hall–Kier alpha value is -2.32. The second-order valence-corrected chi connectivity index (χ2v) is 6.41. The standard InChI is InChI=1S/C20H26N4O3/c1-26-20-6-4-18(5-7-20)17-24(27-14-13-25)23-11-9-22(10-12-23)16-19-3-2-8-21-15-19/h2-8,13,15H,9-12,14,16-17H2,1H3. The van der Waals surface area contributed by atoms with E-state index >= 15 is 0 Å². The van der Waals surface area contributed by atoms with Gasteiger partial charge < -0.3 is 9.53 Å². The van der Waals surface area contributed by atoms with Crippen LogP contribution in [0.2, 0.25) is 0 Å². The van der Waals surface area contributed by atoms with Crippen molar-refractivity contribution in [3.63, 3.8) is 0 Å². The minimum absolute atomic E-state index is 0.0477. The Morgan fingerprint density at radius 3 is 2.52 bits per heavy atom. The van der Waals surface area contributed by atoms with Crippen molar-refractivity contribution in [2.45, 2.75) is 13.1 Å². The maximum Gasteiger partial charge on any atom is 0.147 e. The molecule has 1 aliphatic rings. The average molecular weight is 370 g/mol. The first-order chi connectivity index (χ1) is 13.3. The normalized spacial score (nSPS) is 15.8. The van der Waals surface area contributed by atoms with Crippen molar-refractivity contribution in [2.75, 3.05) is 39.9 Å². The highest BCUT2D eigenvalue weighted by Crippen LogP contribution is 2.16. The molecule has 7 heteroatoms. The number of benzene rings is 1. The zero-order chi connectivity index (χ0) is 18.9. The first kappa shape index (κ1) is 19.4. The minimum atomic E-state index is 0.0477. The molecule has 0 N–H and O–H groups in total. The van der Waals surface area contributed by atoms with Gasteiger partial charge in [-0.15, -0.1) is 5.17 Å². The Labute approximate surface area is 160 Å². The molecule has 0 amide bonds. The molecule has 1 saturated heterocycles. The molecule has 0 atom stereocenters. The van der Waals surface area contributed by atoms with Crippen LogP contribution < -0.4 is 4.74 Å². The van der Waals surface area contributed by atoms with Crippen LogP contribution in [0, 0.1) is 0 Å². The van der Waals surface area contributed by atoms with Crippen LogP contribution in [-0.4, -0.2) is 66.2 Å². The molecular formula is C20H26N4O3. The number of carbonyl (C=O) groups is 1. The number of hydroxylamine groups is 1. The van der Waals surface area contributed by atoms with Gasteiger partial charge in [-0.1, -0.05) is 18.2 Å². The van der Waals surface area contributed by atoms with Crippen LogP contribution in [0.25, 0.3) is 0 Å². The van der Waals surface area contributed by atoms with Gasteiger partial charge in [0.2, 0.25) is 0 Å². The molecule has 0 saturated carbocycles. The summed E-state index contributed by atoms with van der Waals surface area (Å²) in [4.78, 5) is 23.0. The van der Waals surface area contributed by atoms with Gasteiger partial charge in [-0.3, -0.25) is 14.7 Å². The molecule has 0 bridgehead atoms. The summed E-state index contributed by atoms with van der Waals surface area (Å²) in [5, 5.41) is 3.96. The molecule has 0 spiro atoms. The smallest absolute Gasteiger partial charge is 0.147 e. The third-order valence-electron chi connectivity index (χ3n) is 4.56. The monoisotopic (exact) mass is 370 g/mol. The van der Waals surface area contributed by atoms with Gasteiger partial charge in [-0.2, -0.15) is 0 Å². The van der Waals surface area contributed by atoms with E-state index in [0.29, 0.717) is 6.54 Å². The third kappa shape index (κ3) is 5.83. The van der Waals surface area contributed by atoms with Crippen LogP contribution in [0.15, 0.2) is 48.8 Å². The van der Waals surface area contributed by atoms with Crippen molar-refractivity contribution < 1.29 is 14.4 Å². The number of hydrazine groups is 1. The summed E-state index contributed by atoms with van der Waals surface area (Å²) in [5.74, 6) is 0.822. The number of nitrogens with zero attached hydrogens (tertiary/aromatic N) is 4. The van der Waals surface area contributed by atoms with E-state index in [1.165, 1.54) is 5.56 Å². The van der Waals surface area contributed by atoms with Crippen molar-refractivity contribution in [3.8, 4) is 5.75 Å². The van der Waals surface area contributed by atoms with Crippen molar-refractivity contribution in [3.05, 3.63) is 59.9 Å². The second kappa shape index (κ2) is 10.1. The summed E-state index contributed by atoms with van der Waals surface area (Å²) in [6, 6.07) is 11.9. The number of hydrogen-bond acceptors (Lipinski definition) is 7. The lowest BCUT2D eigenvalue weighted by Gasteiger charge is -2.40. The number of aromatic nitrogens is 1. The third-order valence-corrected chi connectivity index (χ3v) is 4.56. The van der Waals surface area contributed by atoms with Gasteiger partial charge in [0, 0.05) is 45.1 Å². The van der Waals surface area contributed by atoms with E-state index in [-0.39, 0.29) is 6.61 Å². The Bertz CT molecular complexity index is 688. The van der Waals surface area contributed by atoms with Crippen LogP contribution >= 0.6 is 0 Å². The largest absolute Gasteiger partial charge is 0.497 e. The molecular weight excluding hydrogens is 344 g/mol. The predicted molar refractivity (Wildman–Crippen MR) is 102 cm³/mol. The zero-order valence-corrected chi connectivity index (χ0v) is 15.7. The molecule has 1 aromatic carbocycles. The van der Waals surface area contributed by atoms with E-state index in [1.54, 1.807) is 18.5 Å². The molecule has 0 radical (unpaired) electrons. The van der Waals surface area contributed by atoms with Gasteiger partial charge in [0.15, 0.2) is 0 Å². The lowest BCUT2D eigenvalue weighted by molar-refractivity contribution is -0.292. The van der Waals surface area contributed by atoms with Crippen molar-refractivity contribution >= 4 is 6.29 Å². The van der Waals surface area contributed by atoms with Crippen LogP contribution in [0.1, 0.15) is 11.1 Å². The molecule has 27 heavy (non-hydrogen) atoms. The van der Waals surface area contributed by atoms with E-state index in [1.807, 2.05) is 36.5 Å². The van der Waals surface area contributed by atoms with Crippen LogP contribution in [0.4, 0.5) is 0 Å². The predicted octanol–water partition coefficient (Wildman–Crippen LogP) is 1.76. The van der Waals surface area contributed by atoms with E-state index in [0.717, 1.165) is 50.3 Å². The first-order valence-electron chi connectivity index (χ1n) is 9.11. The number of aldehydes is 1. The maximum atomic E-state index is 10.8. The number of hydrogen-bond donors (Lipinski definition) is 0. The Morgan fingerprint density at radius 1 is 1.11 bits per heavy atom. The zero-order valence-electron chi connectivity index (χ0n) is 15.7. The number of piperazine rings is 1. The topological polar surface area (TPSA) is 58.1 Å². The first-order valence-corrected chi connectivity index (χ1v) is 9.11. The molecule has 144 valence electrons. The minimum Gasteiger partial charge on any atom is -0.497 e. The highest BCUT2D eigenvalue weighted by Gasteiger charge is 2.23. The van der Waals surface area contributed by atoms with E-state index in [9.17, 15) is 4.79 Å². The highest BCUT2D eigenvalue weighted by atomic mass is 16.7. The van der Waals surface area contributed by atoms with Gasteiger partial charge >= 0.3 is 0 Å². The molecule has 1 aliphatic heterocycles. The number of methoxy groups -OCH3 is 1. The van der Waals surface area contributed by atoms with Gasteiger partial charge in [0.05, 0.1) is 13.7 Å². The van der Waals surface area contributed by atoms with Gasteiger partial charge in [-0.25, -0.2) is 5.01 Å². The Morgan fingerprint density at radius 2 is 1.89 bits per heavy atom. The fraction of sp³-hybridized carbons (Fsp3) is 0.400. The quantitative estimate of drug-likeness (QED) is 0.492. The van der Waals surface area contributed by atoms with E-state index < -0.39 is 0 Å². The van der Waals surface area contributed by atoms with Gasteiger partial charge in [0.1, 0.15) is 18.6 Å². The number of ether oxygens (including phenoxy) is 1. The Kier molecular flexibility index (Phi) is 7.29. The summed E-state index contributed by atoms with van der Waals surface area (Å²) >= 11 is 0. The lowest BCUT2D eigenvalue weighted by Crippen LogP contribution is -2.53. The average Bonchev–Trinajstić information content (AvgIpc) is 2.73. The molecule has 1 aromatic heterocycles. The summed E-state index contributed by atoms with van der Waals surface area (Å²) in [6.45, 7) is 5.07. The number of carbonyl (C=O) groups excluding carboxylic acids is 1. The maximum absolute atomic E-state index is 10.8. The van der Waals surface area contributed by atoms with Crippen LogP contribution in [0.3, 0.4) is 0 Å². The molecule has 3 rings (SSSR count). The van der Waals surface area contributed by atoms with Crippen molar-refractivity contribution in [1.82, 2.24) is 20.1 Å². The van der Waals surface area contributed by atoms with Crippen LogP contribution in [-0.2, 0) is 22.7 Å². The fourth-order valence-corrected chi connectivity index (χ4v) is 3.10. The molecule has 0 aliphatic carbocycles. The Balaban J connectivity index is 1.56. The summed E-state index contributed by atoms with van der Waals surface area (Å²) in [6.07, 6.45) is 4.48.